The third kappa shape index (κ3) is 4.59. The molecule has 0 saturated heterocycles. The summed E-state index contributed by atoms with van der Waals surface area (Å²) in [5.74, 6) is 1.97. The van der Waals surface area contributed by atoms with E-state index in [1.807, 2.05) is 19.1 Å². The Morgan fingerprint density at radius 1 is 1.00 bits per heavy atom. The SMILES string of the molecule is CCNC(=O)c1ccc(C2CCCC(C[C@H](C)c3cccc4ccccc34)C2)cc1. The van der Waals surface area contributed by atoms with Gasteiger partial charge in [0.05, 0.1) is 0 Å². The highest BCUT2D eigenvalue weighted by Crippen LogP contribution is 2.41. The molecule has 1 amide bonds. The Hall–Kier alpha value is -2.61. The van der Waals surface area contributed by atoms with E-state index in [0.717, 1.165) is 11.5 Å². The Balaban J connectivity index is 1.43. The number of nitrogens with one attached hydrogen (secondary N) is 1. The van der Waals surface area contributed by atoms with Crippen molar-refractivity contribution in [3.63, 3.8) is 0 Å². The average molecular weight is 400 g/mol. The van der Waals surface area contributed by atoms with Gasteiger partial charge in [-0.3, -0.25) is 4.79 Å². The molecule has 0 heterocycles. The summed E-state index contributed by atoms with van der Waals surface area (Å²) >= 11 is 0. The van der Waals surface area contributed by atoms with Crippen molar-refractivity contribution in [2.45, 2.75) is 57.8 Å². The standard InChI is InChI=1S/C28H33NO/c1-3-29-28(30)24-16-14-22(15-17-24)25-11-6-8-21(19-25)18-20(2)26-13-7-10-23-9-4-5-12-27(23)26/h4-5,7,9-10,12-17,20-21,25H,3,6,8,11,18-19H2,1-2H3,(H,29,30)/t20-,21?,25?/m0/s1. The van der Waals surface area contributed by atoms with E-state index in [1.165, 1.54) is 54.0 Å². The van der Waals surface area contributed by atoms with Crippen LogP contribution in [0, 0.1) is 5.92 Å². The highest BCUT2D eigenvalue weighted by Gasteiger charge is 2.25. The third-order valence-corrected chi connectivity index (χ3v) is 6.81. The van der Waals surface area contributed by atoms with Crippen LogP contribution in [0.4, 0.5) is 0 Å². The molecule has 1 aliphatic rings. The van der Waals surface area contributed by atoms with Crippen molar-refractivity contribution in [1.82, 2.24) is 5.32 Å². The van der Waals surface area contributed by atoms with Gasteiger partial charge in [-0.25, -0.2) is 0 Å². The lowest BCUT2D eigenvalue weighted by molar-refractivity contribution is 0.0956. The monoisotopic (exact) mass is 399 g/mol. The van der Waals surface area contributed by atoms with E-state index in [2.05, 4.69) is 66.8 Å². The lowest BCUT2D eigenvalue weighted by Gasteiger charge is -2.31. The van der Waals surface area contributed by atoms with E-state index in [1.54, 1.807) is 0 Å². The number of rotatable bonds is 6. The second kappa shape index (κ2) is 9.47. The van der Waals surface area contributed by atoms with Gasteiger partial charge in [0.25, 0.3) is 5.91 Å². The van der Waals surface area contributed by atoms with E-state index in [9.17, 15) is 4.79 Å². The largest absolute Gasteiger partial charge is 0.352 e. The van der Waals surface area contributed by atoms with E-state index in [0.29, 0.717) is 18.4 Å². The van der Waals surface area contributed by atoms with Crippen molar-refractivity contribution in [2.75, 3.05) is 6.54 Å². The van der Waals surface area contributed by atoms with Gasteiger partial charge in [-0.15, -0.1) is 0 Å². The molecule has 1 aliphatic carbocycles. The fourth-order valence-corrected chi connectivity index (χ4v) is 5.28. The molecule has 0 aromatic heterocycles. The van der Waals surface area contributed by atoms with Crippen LogP contribution in [0.2, 0.25) is 0 Å². The van der Waals surface area contributed by atoms with Crippen LogP contribution in [0.3, 0.4) is 0 Å². The molecule has 2 heteroatoms. The highest BCUT2D eigenvalue weighted by atomic mass is 16.1. The maximum absolute atomic E-state index is 12.0. The predicted molar refractivity (Wildman–Crippen MR) is 126 cm³/mol. The first kappa shape index (κ1) is 20.7. The average Bonchev–Trinajstić information content (AvgIpc) is 2.79. The molecule has 3 atom stereocenters. The van der Waals surface area contributed by atoms with Crippen molar-refractivity contribution in [3.05, 3.63) is 83.4 Å². The van der Waals surface area contributed by atoms with Gasteiger partial charge in [-0.2, -0.15) is 0 Å². The molecule has 1 saturated carbocycles. The topological polar surface area (TPSA) is 29.1 Å². The number of carbonyl (C=O) groups is 1. The summed E-state index contributed by atoms with van der Waals surface area (Å²) in [6.45, 7) is 5.01. The maximum Gasteiger partial charge on any atom is 0.251 e. The fourth-order valence-electron chi connectivity index (χ4n) is 5.28. The molecular formula is C28H33NO. The lowest BCUT2D eigenvalue weighted by Crippen LogP contribution is -2.22. The predicted octanol–water partition coefficient (Wildman–Crippen LogP) is 7.06. The summed E-state index contributed by atoms with van der Waals surface area (Å²) in [4.78, 5) is 12.0. The van der Waals surface area contributed by atoms with Crippen LogP contribution in [0.5, 0.6) is 0 Å². The first-order valence-corrected chi connectivity index (χ1v) is 11.5. The van der Waals surface area contributed by atoms with Gasteiger partial charge in [-0.1, -0.05) is 74.4 Å². The molecule has 4 rings (SSSR count). The molecule has 156 valence electrons. The Morgan fingerprint density at radius 2 is 1.77 bits per heavy atom. The number of carbonyl (C=O) groups excluding carboxylic acids is 1. The molecule has 0 aliphatic heterocycles. The van der Waals surface area contributed by atoms with E-state index in [4.69, 9.17) is 0 Å². The molecule has 1 N–H and O–H groups in total. The number of hydrogen-bond acceptors (Lipinski definition) is 1. The molecule has 30 heavy (non-hydrogen) atoms. The van der Waals surface area contributed by atoms with Gasteiger partial charge in [-0.05, 0) is 78.0 Å². The van der Waals surface area contributed by atoms with E-state index >= 15 is 0 Å². The Kier molecular flexibility index (Phi) is 6.52. The molecule has 2 nitrogen and oxygen atoms in total. The van der Waals surface area contributed by atoms with Crippen LogP contribution >= 0.6 is 0 Å². The molecule has 0 bridgehead atoms. The first-order chi connectivity index (χ1) is 14.7. The van der Waals surface area contributed by atoms with E-state index < -0.39 is 0 Å². The van der Waals surface area contributed by atoms with Crippen molar-refractivity contribution in [3.8, 4) is 0 Å². The zero-order chi connectivity index (χ0) is 20.9. The van der Waals surface area contributed by atoms with Crippen LogP contribution in [-0.4, -0.2) is 12.5 Å². The number of benzene rings is 3. The Labute approximate surface area is 180 Å². The zero-order valence-corrected chi connectivity index (χ0v) is 18.2. The zero-order valence-electron chi connectivity index (χ0n) is 18.2. The number of fused-ring (bicyclic) bond motifs is 1. The smallest absolute Gasteiger partial charge is 0.251 e. The lowest BCUT2D eigenvalue weighted by atomic mass is 9.74. The second-order valence-electron chi connectivity index (χ2n) is 8.92. The molecule has 0 radical (unpaired) electrons. The van der Waals surface area contributed by atoms with Crippen LogP contribution in [0.25, 0.3) is 10.8 Å². The molecule has 3 aromatic carbocycles. The van der Waals surface area contributed by atoms with Gasteiger partial charge < -0.3 is 5.32 Å². The van der Waals surface area contributed by atoms with Crippen LogP contribution < -0.4 is 5.32 Å². The number of amides is 1. The summed E-state index contributed by atoms with van der Waals surface area (Å²) in [7, 11) is 0. The van der Waals surface area contributed by atoms with Crippen LogP contribution in [0.1, 0.15) is 79.3 Å². The number of hydrogen-bond donors (Lipinski definition) is 1. The van der Waals surface area contributed by atoms with Crippen molar-refractivity contribution in [2.24, 2.45) is 5.92 Å². The summed E-state index contributed by atoms with van der Waals surface area (Å²) in [5.41, 5.74) is 3.64. The normalized spacial score (nSPS) is 20.1. The fraction of sp³-hybridized carbons (Fsp3) is 0.393. The van der Waals surface area contributed by atoms with Crippen LogP contribution in [-0.2, 0) is 0 Å². The van der Waals surface area contributed by atoms with Crippen molar-refractivity contribution >= 4 is 16.7 Å². The minimum Gasteiger partial charge on any atom is -0.352 e. The summed E-state index contributed by atoms with van der Waals surface area (Å²) < 4.78 is 0. The molecule has 1 fully saturated rings. The third-order valence-electron chi connectivity index (χ3n) is 6.81. The Morgan fingerprint density at radius 3 is 2.57 bits per heavy atom. The van der Waals surface area contributed by atoms with Gasteiger partial charge in [0.15, 0.2) is 0 Å². The Bertz CT molecular complexity index is 986. The van der Waals surface area contributed by atoms with Crippen LogP contribution in [0.15, 0.2) is 66.7 Å². The molecule has 2 unspecified atom stereocenters. The van der Waals surface area contributed by atoms with E-state index in [-0.39, 0.29) is 5.91 Å². The minimum atomic E-state index is 0.0227. The maximum atomic E-state index is 12.0. The molecule has 3 aromatic rings. The molecule has 0 spiro atoms. The summed E-state index contributed by atoms with van der Waals surface area (Å²) in [5, 5.41) is 5.63. The summed E-state index contributed by atoms with van der Waals surface area (Å²) in [6, 6.07) is 23.8. The summed E-state index contributed by atoms with van der Waals surface area (Å²) in [6.07, 6.45) is 6.41. The molecular weight excluding hydrogens is 366 g/mol. The van der Waals surface area contributed by atoms with Gasteiger partial charge in [0, 0.05) is 12.1 Å². The minimum absolute atomic E-state index is 0.0227. The van der Waals surface area contributed by atoms with Gasteiger partial charge in [0.1, 0.15) is 0 Å². The highest BCUT2D eigenvalue weighted by molar-refractivity contribution is 5.94. The first-order valence-electron chi connectivity index (χ1n) is 11.5. The second-order valence-corrected chi connectivity index (χ2v) is 8.92. The van der Waals surface area contributed by atoms with Crippen molar-refractivity contribution in [1.29, 1.82) is 0 Å². The quantitative estimate of drug-likeness (QED) is 0.472. The van der Waals surface area contributed by atoms with Crippen molar-refractivity contribution < 1.29 is 4.79 Å². The van der Waals surface area contributed by atoms with Gasteiger partial charge in [0.2, 0.25) is 0 Å². The van der Waals surface area contributed by atoms with Gasteiger partial charge >= 0.3 is 0 Å².